The monoisotopic (exact) mass is 317 g/mol. The van der Waals surface area contributed by atoms with E-state index in [1.807, 2.05) is 0 Å². The largest absolute Gasteiger partial charge is 0.573 e. The van der Waals surface area contributed by atoms with E-state index >= 15 is 0 Å². The summed E-state index contributed by atoms with van der Waals surface area (Å²) in [5.74, 6) is 0.114. The number of nitrogen functional groups attached to an aromatic ring is 1. The highest BCUT2D eigenvalue weighted by Gasteiger charge is 2.30. The molecule has 0 amide bonds. The van der Waals surface area contributed by atoms with Crippen molar-refractivity contribution in [2.45, 2.75) is 13.0 Å². The van der Waals surface area contributed by atoms with Crippen LogP contribution in [0.2, 0.25) is 5.02 Å². The first-order chi connectivity index (χ1) is 9.83. The third-order valence-corrected chi connectivity index (χ3v) is 2.87. The molecule has 0 fully saturated rings. The number of halogens is 4. The second kappa shape index (κ2) is 6.13. The van der Waals surface area contributed by atoms with Crippen molar-refractivity contribution in [1.29, 1.82) is 0 Å². The van der Waals surface area contributed by atoms with Gasteiger partial charge >= 0.3 is 6.36 Å². The van der Waals surface area contributed by atoms with Crippen molar-refractivity contribution >= 4 is 17.3 Å². The molecule has 2 N–H and O–H groups in total. The summed E-state index contributed by atoms with van der Waals surface area (Å²) < 4.78 is 45.2. The van der Waals surface area contributed by atoms with Crippen molar-refractivity contribution in [1.82, 2.24) is 0 Å². The number of nitrogens with two attached hydrogens (primary N) is 1. The molecule has 2 rings (SSSR count). The van der Waals surface area contributed by atoms with Crippen molar-refractivity contribution in [2.24, 2.45) is 0 Å². The van der Waals surface area contributed by atoms with E-state index in [-0.39, 0.29) is 12.4 Å². The maximum atomic E-state index is 12.0. The van der Waals surface area contributed by atoms with E-state index in [2.05, 4.69) is 4.74 Å². The molecule has 0 radical (unpaired) electrons. The van der Waals surface area contributed by atoms with Gasteiger partial charge in [-0.1, -0.05) is 17.7 Å². The first-order valence-electron chi connectivity index (χ1n) is 5.86. The van der Waals surface area contributed by atoms with Gasteiger partial charge in [-0.3, -0.25) is 0 Å². The molecule has 0 spiro atoms. The predicted octanol–water partition coefficient (Wildman–Crippen LogP) is 4.40. The summed E-state index contributed by atoms with van der Waals surface area (Å²) in [5.41, 5.74) is 6.89. The Kier molecular flexibility index (Phi) is 4.47. The zero-order chi connectivity index (χ0) is 15.5. The second-order valence-corrected chi connectivity index (χ2v) is 4.57. The first kappa shape index (κ1) is 15.3. The number of anilines is 1. The van der Waals surface area contributed by atoms with Crippen LogP contribution in [0.1, 0.15) is 5.56 Å². The van der Waals surface area contributed by atoms with Gasteiger partial charge in [-0.25, -0.2) is 0 Å². The number of hydrogen-bond acceptors (Lipinski definition) is 3. The van der Waals surface area contributed by atoms with Crippen LogP contribution in [0.25, 0.3) is 0 Å². The second-order valence-electron chi connectivity index (χ2n) is 4.16. The molecule has 3 nitrogen and oxygen atoms in total. The number of hydrogen-bond donors (Lipinski definition) is 1. The smallest absolute Gasteiger partial charge is 0.489 e. The van der Waals surface area contributed by atoms with Crippen molar-refractivity contribution in [3.8, 4) is 11.5 Å². The fraction of sp³-hybridized carbons (Fsp3) is 0.143. The lowest BCUT2D eigenvalue weighted by atomic mass is 10.2. The highest BCUT2D eigenvalue weighted by atomic mass is 35.5. The zero-order valence-electron chi connectivity index (χ0n) is 10.7. The van der Waals surface area contributed by atoms with Crippen molar-refractivity contribution in [3.05, 3.63) is 53.1 Å². The molecular weight excluding hydrogens is 307 g/mol. The van der Waals surface area contributed by atoms with Crippen LogP contribution in [0.15, 0.2) is 42.5 Å². The lowest BCUT2D eigenvalue weighted by molar-refractivity contribution is -0.274. The minimum Gasteiger partial charge on any atom is -0.489 e. The van der Waals surface area contributed by atoms with Crippen LogP contribution in [-0.2, 0) is 6.61 Å². The maximum absolute atomic E-state index is 12.0. The van der Waals surface area contributed by atoms with Gasteiger partial charge in [0.15, 0.2) is 0 Å². The van der Waals surface area contributed by atoms with Gasteiger partial charge in [-0.05, 0) is 42.0 Å². The van der Waals surface area contributed by atoms with Crippen molar-refractivity contribution in [2.75, 3.05) is 5.73 Å². The molecule has 0 saturated carbocycles. The van der Waals surface area contributed by atoms with Crippen molar-refractivity contribution < 1.29 is 22.6 Å². The molecule has 0 aliphatic heterocycles. The van der Waals surface area contributed by atoms with Crippen LogP contribution in [-0.4, -0.2) is 6.36 Å². The summed E-state index contributed by atoms with van der Waals surface area (Å²) in [7, 11) is 0. The third kappa shape index (κ3) is 4.75. The van der Waals surface area contributed by atoms with Gasteiger partial charge in [0.25, 0.3) is 0 Å². The minimum atomic E-state index is -4.71. The van der Waals surface area contributed by atoms with Crippen LogP contribution in [0.3, 0.4) is 0 Å². The summed E-state index contributed by atoms with van der Waals surface area (Å²) in [5, 5.41) is 0.451. The fourth-order valence-electron chi connectivity index (χ4n) is 1.59. The van der Waals surface area contributed by atoms with Crippen LogP contribution in [0.4, 0.5) is 18.9 Å². The molecule has 2 aromatic carbocycles. The number of ether oxygens (including phenoxy) is 2. The minimum absolute atomic E-state index is 0.223. The summed E-state index contributed by atoms with van der Waals surface area (Å²) in [4.78, 5) is 0. The Morgan fingerprint density at radius 1 is 1.00 bits per heavy atom. The van der Waals surface area contributed by atoms with E-state index in [0.29, 0.717) is 16.5 Å². The molecule has 0 saturated heterocycles. The molecule has 0 aliphatic carbocycles. The number of alkyl halides is 3. The van der Waals surface area contributed by atoms with E-state index in [1.54, 1.807) is 18.2 Å². The topological polar surface area (TPSA) is 44.5 Å². The van der Waals surface area contributed by atoms with Crippen LogP contribution in [0, 0.1) is 0 Å². The molecular formula is C14H11ClF3NO2. The van der Waals surface area contributed by atoms with Crippen molar-refractivity contribution in [3.63, 3.8) is 0 Å². The Morgan fingerprint density at radius 3 is 2.19 bits per heavy atom. The van der Waals surface area contributed by atoms with Gasteiger partial charge in [0.1, 0.15) is 18.1 Å². The van der Waals surface area contributed by atoms with E-state index in [9.17, 15) is 13.2 Å². The van der Waals surface area contributed by atoms with Gasteiger partial charge in [0.2, 0.25) is 0 Å². The standard InChI is InChI=1S/C14H11ClF3NO2/c15-12-6-1-9(7-13(12)19)8-20-10-2-4-11(5-3-10)21-14(16,17)18/h1-7H,8,19H2. The molecule has 0 aromatic heterocycles. The van der Waals surface area contributed by atoms with Gasteiger partial charge < -0.3 is 15.2 Å². The maximum Gasteiger partial charge on any atom is 0.573 e. The highest BCUT2D eigenvalue weighted by molar-refractivity contribution is 6.33. The Balaban J connectivity index is 1.96. The summed E-state index contributed by atoms with van der Waals surface area (Å²) in [6.07, 6.45) is -4.71. The Hall–Kier alpha value is -2.08. The van der Waals surface area contributed by atoms with Gasteiger partial charge in [0, 0.05) is 0 Å². The molecule has 7 heteroatoms. The average Bonchev–Trinajstić information content (AvgIpc) is 2.40. The number of rotatable bonds is 4. The fourth-order valence-corrected chi connectivity index (χ4v) is 1.70. The molecule has 0 aliphatic rings. The normalized spacial score (nSPS) is 11.2. The average molecular weight is 318 g/mol. The quantitative estimate of drug-likeness (QED) is 0.850. The molecule has 0 bridgehead atoms. The SMILES string of the molecule is Nc1cc(COc2ccc(OC(F)(F)F)cc2)ccc1Cl. The van der Waals surface area contributed by atoms with Crippen LogP contribution < -0.4 is 15.2 Å². The predicted molar refractivity (Wildman–Crippen MR) is 73.3 cm³/mol. The Morgan fingerprint density at radius 2 is 1.62 bits per heavy atom. The summed E-state index contributed by atoms with van der Waals surface area (Å²) in [6, 6.07) is 10.2. The third-order valence-electron chi connectivity index (χ3n) is 2.52. The van der Waals surface area contributed by atoms with E-state index in [1.165, 1.54) is 24.3 Å². The molecule has 112 valence electrons. The Labute approximate surface area is 124 Å². The molecule has 0 atom stereocenters. The van der Waals surface area contributed by atoms with Gasteiger partial charge in [0.05, 0.1) is 10.7 Å². The lowest BCUT2D eigenvalue weighted by Gasteiger charge is -2.10. The van der Waals surface area contributed by atoms with E-state index < -0.39 is 6.36 Å². The zero-order valence-corrected chi connectivity index (χ0v) is 11.4. The lowest BCUT2D eigenvalue weighted by Crippen LogP contribution is -2.16. The summed E-state index contributed by atoms with van der Waals surface area (Å²) in [6.45, 7) is 0.223. The molecule has 0 heterocycles. The number of benzene rings is 2. The van der Waals surface area contributed by atoms with Gasteiger partial charge in [-0.15, -0.1) is 13.2 Å². The first-order valence-corrected chi connectivity index (χ1v) is 6.24. The molecule has 21 heavy (non-hydrogen) atoms. The van der Waals surface area contributed by atoms with Crippen LogP contribution >= 0.6 is 11.6 Å². The highest BCUT2D eigenvalue weighted by Crippen LogP contribution is 2.25. The van der Waals surface area contributed by atoms with Gasteiger partial charge in [-0.2, -0.15) is 0 Å². The van der Waals surface area contributed by atoms with E-state index in [4.69, 9.17) is 22.1 Å². The Bertz CT molecular complexity index is 615. The molecule has 2 aromatic rings. The summed E-state index contributed by atoms with van der Waals surface area (Å²) >= 11 is 5.80. The van der Waals surface area contributed by atoms with E-state index in [0.717, 1.165) is 5.56 Å². The van der Waals surface area contributed by atoms with Crippen LogP contribution in [0.5, 0.6) is 11.5 Å². The molecule has 0 unspecified atom stereocenters.